The molecule has 0 spiro atoms. The Morgan fingerprint density at radius 2 is 1.49 bits per heavy atom. The molecule has 3 aromatic carbocycles. The van der Waals surface area contributed by atoms with Gasteiger partial charge in [-0.3, -0.25) is 14.4 Å². The van der Waals surface area contributed by atoms with Crippen molar-refractivity contribution in [1.29, 1.82) is 0 Å². The van der Waals surface area contributed by atoms with Gasteiger partial charge in [-0.2, -0.15) is 0 Å². The third-order valence-electron chi connectivity index (χ3n) is 6.68. The maximum absolute atomic E-state index is 13.9. The number of hydrogen-bond acceptors (Lipinski definition) is 4. The van der Waals surface area contributed by atoms with E-state index in [1.165, 1.54) is 41.3 Å². The number of ether oxygens (including phenoxy) is 1. The van der Waals surface area contributed by atoms with Crippen molar-refractivity contribution in [2.24, 2.45) is 11.8 Å². The molecule has 0 saturated carbocycles. The Hall–Kier alpha value is -4.07. The number of rotatable bonds is 7. The normalized spacial score (nSPS) is 20.9. The fourth-order valence-corrected chi connectivity index (χ4v) is 4.94. The molecule has 4 rings (SSSR count). The molecule has 192 valence electrons. The highest BCUT2D eigenvalue weighted by atomic mass is 19.1. The minimum atomic E-state index is -1.02. The van der Waals surface area contributed by atoms with Crippen LogP contribution in [0.25, 0.3) is 0 Å². The van der Waals surface area contributed by atoms with Crippen molar-refractivity contribution in [3.8, 4) is 0 Å². The van der Waals surface area contributed by atoms with Gasteiger partial charge in [0.15, 0.2) is 0 Å². The molecule has 1 N–H and O–H groups in total. The zero-order valence-electron chi connectivity index (χ0n) is 20.6. The van der Waals surface area contributed by atoms with Gasteiger partial charge in [0, 0.05) is 18.0 Å². The predicted octanol–water partition coefficient (Wildman–Crippen LogP) is 4.66. The summed E-state index contributed by atoms with van der Waals surface area (Å²) < 4.78 is 32.3. The molecule has 0 bridgehead atoms. The summed E-state index contributed by atoms with van der Waals surface area (Å²) in [5, 5.41) is 2.83. The molecule has 1 heterocycles. The predicted molar refractivity (Wildman–Crippen MR) is 133 cm³/mol. The number of likely N-dealkylation sites (tertiary alicyclic amines) is 1. The summed E-state index contributed by atoms with van der Waals surface area (Å²) >= 11 is 0. The Labute approximate surface area is 214 Å². The fraction of sp³-hybridized carbons (Fsp3) is 0.276. The van der Waals surface area contributed by atoms with Gasteiger partial charge in [-0.05, 0) is 54.4 Å². The summed E-state index contributed by atoms with van der Waals surface area (Å²) in [4.78, 5) is 42.1. The van der Waals surface area contributed by atoms with E-state index in [2.05, 4.69) is 5.32 Å². The molecule has 1 aliphatic heterocycles. The topological polar surface area (TPSA) is 75.7 Å². The summed E-state index contributed by atoms with van der Waals surface area (Å²) in [5.41, 5.74) is 1.55. The standard InChI is InChI=1S/C29H28F2N2O4/c1-3-37-29(36)24-18(2)25(27(34)32-17-19-9-13-22(30)14-10-19)33(26(24)20-7-5-4-6-8-20)28(35)21-11-15-23(31)16-12-21/h4-16,18,24-26H,3,17H2,1-2H3,(H,32,34). The number of carbonyl (C=O) groups excluding carboxylic acids is 3. The van der Waals surface area contributed by atoms with Gasteiger partial charge in [0.1, 0.15) is 17.7 Å². The first-order valence-corrected chi connectivity index (χ1v) is 12.1. The maximum atomic E-state index is 13.9. The van der Waals surface area contributed by atoms with Crippen LogP contribution in [-0.4, -0.2) is 35.3 Å². The molecule has 0 aromatic heterocycles. The molecule has 1 saturated heterocycles. The molecule has 3 aromatic rings. The van der Waals surface area contributed by atoms with Crippen LogP contribution in [0.5, 0.6) is 0 Å². The van der Waals surface area contributed by atoms with Gasteiger partial charge < -0.3 is 15.0 Å². The van der Waals surface area contributed by atoms with E-state index in [0.29, 0.717) is 11.1 Å². The van der Waals surface area contributed by atoms with E-state index in [1.54, 1.807) is 50.2 Å². The van der Waals surface area contributed by atoms with Gasteiger partial charge in [0.2, 0.25) is 5.91 Å². The van der Waals surface area contributed by atoms with Gasteiger partial charge in [-0.1, -0.05) is 49.4 Å². The molecule has 1 aliphatic rings. The highest BCUT2D eigenvalue weighted by Gasteiger charge is 2.55. The molecule has 8 heteroatoms. The Kier molecular flexibility index (Phi) is 7.96. The van der Waals surface area contributed by atoms with Crippen LogP contribution in [0.4, 0.5) is 8.78 Å². The Balaban J connectivity index is 1.75. The highest BCUT2D eigenvalue weighted by molar-refractivity contribution is 5.99. The van der Waals surface area contributed by atoms with Gasteiger partial charge in [0.05, 0.1) is 18.6 Å². The van der Waals surface area contributed by atoms with E-state index in [-0.39, 0.29) is 18.7 Å². The van der Waals surface area contributed by atoms with Gasteiger partial charge in [-0.15, -0.1) is 0 Å². The lowest BCUT2D eigenvalue weighted by Gasteiger charge is -2.31. The summed E-state index contributed by atoms with van der Waals surface area (Å²) in [6, 6.07) is 18.0. The van der Waals surface area contributed by atoms with Gasteiger partial charge in [-0.25, -0.2) is 8.78 Å². The first-order chi connectivity index (χ1) is 17.8. The van der Waals surface area contributed by atoms with Crippen LogP contribution < -0.4 is 5.32 Å². The molecule has 4 unspecified atom stereocenters. The monoisotopic (exact) mass is 506 g/mol. The maximum Gasteiger partial charge on any atom is 0.311 e. The minimum Gasteiger partial charge on any atom is -0.466 e. The second-order valence-corrected chi connectivity index (χ2v) is 9.00. The molecule has 0 radical (unpaired) electrons. The average molecular weight is 507 g/mol. The number of nitrogens with zero attached hydrogens (tertiary/aromatic N) is 1. The third kappa shape index (κ3) is 5.53. The van der Waals surface area contributed by atoms with Crippen LogP contribution in [0.15, 0.2) is 78.9 Å². The molecule has 6 nitrogen and oxygen atoms in total. The number of halogens is 2. The van der Waals surface area contributed by atoms with E-state index in [9.17, 15) is 23.2 Å². The molecule has 37 heavy (non-hydrogen) atoms. The smallest absolute Gasteiger partial charge is 0.311 e. The number of esters is 1. The number of carbonyl (C=O) groups is 3. The number of hydrogen-bond donors (Lipinski definition) is 1. The van der Waals surface area contributed by atoms with Crippen molar-refractivity contribution in [3.05, 3.63) is 107 Å². The van der Waals surface area contributed by atoms with Crippen molar-refractivity contribution in [1.82, 2.24) is 10.2 Å². The number of benzene rings is 3. The minimum absolute atomic E-state index is 0.112. The number of amides is 2. The molecule has 4 atom stereocenters. The fourth-order valence-electron chi connectivity index (χ4n) is 4.94. The van der Waals surface area contributed by atoms with E-state index >= 15 is 0 Å². The summed E-state index contributed by atoms with van der Waals surface area (Å²) in [7, 11) is 0. The van der Waals surface area contributed by atoms with Gasteiger partial charge in [0.25, 0.3) is 5.91 Å². The first-order valence-electron chi connectivity index (χ1n) is 12.1. The number of nitrogens with one attached hydrogen (secondary N) is 1. The lowest BCUT2D eigenvalue weighted by Crippen LogP contribution is -2.48. The second-order valence-electron chi connectivity index (χ2n) is 9.00. The third-order valence-corrected chi connectivity index (χ3v) is 6.68. The van der Waals surface area contributed by atoms with E-state index in [4.69, 9.17) is 4.74 Å². The van der Waals surface area contributed by atoms with E-state index in [1.807, 2.05) is 6.07 Å². The molecule has 2 amide bonds. The second kappa shape index (κ2) is 11.3. The van der Waals surface area contributed by atoms with Crippen molar-refractivity contribution in [3.63, 3.8) is 0 Å². The largest absolute Gasteiger partial charge is 0.466 e. The van der Waals surface area contributed by atoms with Crippen LogP contribution >= 0.6 is 0 Å². The van der Waals surface area contributed by atoms with Crippen molar-refractivity contribution < 1.29 is 27.9 Å². The summed E-state index contributed by atoms with van der Waals surface area (Å²) in [6.07, 6.45) is 0. The van der Waals surface area contributed by atoms with Gasteiger partial charge >= 0.3 is 5.97 Å². The van der Waals surface area contributed by atoms with Crippen molar-refractivity contribution >= 4 is 17.8 Å². The molecular weight excluding hydrogens is 478 g/mol. The quantitative estimate of drug-likeness (QED) is 0.473. The lowest BCUT2D eigenvalue weighted by molar-refractivity contribution is -0.150. The average Bonchev–Trinajstić information content (AvgIpc) is 3.21. The van der Waals surface area contributed by atoms with Crippen LogP contribution in [0.1, 0.15) is 41.4 Å². The lowest BCUT2D eigenvalue weighted by atomic mass is 9.85. The van der Waals surface area contributed by atoms with Crippen molar-refractivity contribution in [2.75, 3.05) is 6.61 Å². The Bertz CT molecular complexity index is 1250. The first kappa shape index (κ1) is 26.0. The molecule has 1 fully saturated rings. The summed E-state index contributed by atoms with van der Waals surface area (Å²) in [6.45, 7) is 3.71. The van der Waals surface area contributed by atoms with E-state index < -0.39 is 53.3 Å². The highest BCUT2D eigenvalue weighted by Crippen LogP contribution is 2.46. The van der Waals surface area contributed by atoms with Crippen LogP contribution in [-0.2, 0) is 20.9 Å². The SMILES string of the molecule is CCOC(=O)C1C(C)C(C(=O)NCc2ccc(F)cc2)N(C(=O)c2ccc(F)cc2)C1c1ccccc1. The van der Waals surface area contributed by atoms with E-state index in [0.717, 1.165) is 0 Å². The Morgan fingerprint density at radius 3 is 2.08 bits per heavy atom. The molecular formula is C29H28F2N2O4. The van der Waals surface area contributed by atoms with Crippen LogP contribution in [0, 0.1) is 23.5 Å². The van der Waals surface area contributed by atoms with Crippen LogP contribution in [0.2, 0.25) is 0 Å². The zero-order chi connectivity index (χ0) is 26.5. The van der Waals surface area contributed by atoms with Crippen LogP contribution in [0.3, 0.4) is 0 Å². The molecule has 0 aliphatic carbocycles. The zero-order valence-corrected chi connectivity index (χ0v) is 20.6. The Morgan fingerprint density at radius 1 is 0.892 bits per heavy atom. The van der Waals surface area contributed by atoms with Crippen molar-refractivity contribution in [2.45, 2.75) is 32.5 Å². The summed E-state index contributed by atoms with van der Waals surface area (Å²) in [5.74, 6) is -3.76.